The van der Waals surface area contributed by atoms with E-state index >= 15 is 0 Å². The predicted molar refractivity (Wildman–Crippen MR) is 62.7 cm³/mol. The molecule has 0 N–H and O–H groups in total. The minimum Gasteiger partial charge on any atom is -0.618 e. The van der Waals surface area contributed by atoms with Crippen LogP contribution in [0, 0.1) is 5.21 Å². The van der Waals surface area contributed by atoms with Gasteiger partial charge >= 0.3 is 0 Å². The van der Waals surface area contributed by atoms with Gasteiger partial charge in [-0.1, -0.05) is 18.2 Å². The Labute approximate surface area is 99.7 Å². The van der Waals surface area contributed by atoms with Gasteiger partial charge in [0.1, 0.15) is 5.75 Å². The van der Waals surface area contributed by atoms with Crippen LogP contribution >= 0.6 is 0 Å². The number of aromatic nitrogens is 1. The van der Waals surface area contributed by atoms with Crippen molar-refractivity contribution in [1.29, 1.82) is 0 Å². The lowest BCUT2D eigenvalue weighted by Crippen LogP contribution is -2.32. The Morgan fingerprint density at radius 2 is 1.65 bits per heavy atom. The molecule has 0 saturated carbocycles. The van der Waals surface area contributed by atoms with E-state index in [0.29, 0.717) is 4.73 Å². The lowest BCUT2D eigenvalue weighted by molar-refractivity contribution is -0.612. The molecule has 0 fully saturated rings. The highest BCUT2D eigenvalue weighted by atomic mass is 32.2. The summed E-state index contributed by atoms with van der Waals surface area (Å²) in [5, 5.41) is 11.4. The molecular formula is C12H11NO3S. The van der Waals surface area contributed by atoms with E-state index in [0.717, 1.165) is 0 Å². The van der Waals surface area contributed by atoms with E-state index in [1.54, 1.807) is 30.3 Å². The summed E-state index contributed by atoms with van der Waals surface area (Å²) in [4.78, 5) is 0.226. The van der Waals surface area contributed by atoms with Crippen LogP contribution in [0.2, 0.25) is 0 Å². The van der Waals surface area contributed by atoms with Gasteiger partial charge in [-0.25, -0.2) is 8.42 Å². The lowest BCUT2D eigenvalue weighted by Gasteiger charge is -2.05. The fraction of sp³-hybridized carbons (Fsp3) is 0.0833. The number of rotatable bonds is 3. The molecule has 88 valence electrons. The third-order valence-corrected chi connectivity index (χ3v) is 4.01. The molecule has 1 aromatic carbocycles. The van der Waals surface area contributed by atoms with Crippen molar-refractivity contribution in [3.63, 3.8) is 0 Å². The molecule has 2 aromatic rings. The summed E-state index contributed by atoms with van der Waals surface area (Å²) in [6.07, 6.45) is 1.29. The zero-order chi connectivity index (χ0) is 12.3. The van der Waals surface area contributed by atoms with Crippen LogP contribution in [0.1, 0.15) is 5.69 Å². The summed E-state index contributed by atoms with van der Waals surface area (Å²) in [5.41, 5.74) is 0.219. The largest absolute Gasteiger partial charge is 0.618 e. The summed E-state index contributed by atoms with van der Waals surface area (Å²) in [5.74, 6) is -0.290. The summed E-state index contributed by atoms with van der Waals surface area (Å²) in [7, 11) is -3.46. The first-order valence-electron chi connectivity index (χ1n) is 5.04. The quantitative estimate of drug-likeness (QED) is 0.608. The second-order valence-corrected chi connectivity index (χ2v) is 5.58. The first-order chi connectivity index (χ1) is 8.09. The van der Waals surface area contributed by atoms with Gasteiger partial charge in [-0.05, 0) is 18.2 Å². The number of pyridine rings is 1. The van der Waals surface area contributed by atoms with Crippen LogP contribution in [-0.4, -0.2) is 8.42 Å². The molecule has 5 heteroatoms. The number of benzene rings is 1. The molecule has 0 bridgehead atoms. The van der Waals surface area contributed by atoms with E-state index in [4.69, 9.17) is 0 Å². The molecule has 0 aliphatic rings. The number of sulfone groups is 1. The Morgan fingerprint density at radius 3 is 2.29 bits per heavy atom. The van der Waals surface area contributed by atoms with Crippen LogP contribution in [-0.2, 0) is 15.6 Å². The molecule has 0 radical (unpaired) electrons. The fourth-order valence-electron chi connectivity index (χ4n) is 1.48. The highest BCUT2D eigenvalue weighted by Crippen LogP contribution is 2.13. The van der Waals surface area contributed by atoms with Crippen LogP contribution in [0.15, 0.2) is 59.6 Å². The van der Waals surface area contributed by atoms with Crippen molar-refractivity contribution in [2.45, 2.75) is 10.6 Å². The van der Waals surface area contributed by atoms with Gasteiger partial charge in [0.2, 0.25) is 5.69 Å². The summed E-state index contributed by atoms with van der Waals surface area (Å²) in [6, 6.07) is 12.8. The average Bonchev–Trinajstić information content (AvgIpc) is 2.33. The number of hydrogen-bond acceptors (Lipinski definition) is 3. The Kier molecular flexibility index (Phi) is 3.10. The van der Waals surface area contributed by atoms with E-state index in [9.17, 15) is 13.6 Å². The van der Waals surface area contributed by atoms with Gasteiger partial charge in [0, 0.05) is 12.1 Å². The zero-order valence-electron chi connectivity index (χ0n) is 8.98. The monoisotopic (exact) mass is 249 g/mol. The van der Waals surface area contributed by atoms with E-state index in [1.165, 1.54) is 24.4 Å². The third-order valence-electron chi connectivity index (χ3n) is 2.34. The Bertz CT molecular complexity index is 609. The van der Waals surface area contributed by atoms with Crippen molar-refractivity contribution in [3.05, 3.63) is 65.6 Å². The van der Waals surface area contributed by atoms with Crippen LogP contribution in [0.4, 0.5) is 0 Å². The maximum atomic E-state index is 12.0. The van der Waals surface area contributed by atoms with Crippen molar-refractivity contribution in [2.75, 3.05) is 0 Å². The maximum Gasteiger partial charge on any atom is 0.208 e. The van der Waals surface area contributed by atoms with Crippen molar-refractivity contribution in [2.24, 2.45) is 0 Å². The number of nitrogens with zero attached hydrogens (tertiary/aromatic N) is 1. The molecule has 0 atom stereocenters. The molecule has 1 heterocycles. The molecule has 1 aromatic heterocycles. The van der Waals surface area contributed by atoms with Gasteiger partial charge < -0.3 is 5.21 Å². The molecule has 4 nitrogen and oxygen atoms in total. The van der Waals surface area contributed by atoms with Crippen LogP contribution in [0.5, 0.6) is 0 Å². The molecule has 2 rings (SSSR count). The predicted octanol–water partition coefficient (Wildman–Crippen LogP) is 1.29. The Balaban J connectivity index is 2.34. The molecule has 0 amide bonds. The summed E-state index contributed by atoms with van der Waals surface area (Å²) >= 11 is 0. The highest BCUT2D eigenvalue weighted by molar-refractivity contribution is 7.90. The Hall–Kier alpha value is -1.88. The molecule has 0 aliphatic heterocycles. The number of hydrogen-bond donors (Lipinski definition) is 0. The van der Waals surface area contributed by atoms with Gasteiger partial charge in [-0.15, -0.1) is 0 Å². The Morgan fingerprint density at radius 1 is 1.00 bits per heavy atom. The molecule has 0 spiro atoms. The van der Waals surface area contributed by atoms with Crippen molar-refractivity contribution >= 4 is 9.84 Å². The highest BCUT2D eigenvalue weighted by Gasteiger charge is 2.19. The van der Waals surface area contributed by atoms with Gasteiger partial charge in [-0.2, -0.15) is 4.73 Å². The van der Waals surface area contributed by atoms with Gasteiger partial charge in [0.15, 0.2) is 16.0 Å². The smallest absolute Gasteiger partial charge is 0.208 e. The molecule has 0 aliphatic carbocycles. The molecular weight excluding hydrogens is 238 g/mol. The maximum absolute atomic E-state index is 12.0. The zero-order valence-corrected chi connectivity index (χ0v) is 9.80. The van der Waals surface area contributed by atoms with Crippen molar-refractivity contribution in [3.8, 4) is 0 Å². The van der Waals surface area contributed by atoms with E-state index in [1.807, 2.05) is 0 Å². The normalized spacial score (nSPS) is 11.3. The van der Waals surface area contributed by atoms with Crippen LogP contribution in [0.3, 0.4) is 0 Å². The van der Waals surface area contributed by atoms with Crippen molar-refractivity contribution < 1.29 is 13.1 Å². The fourth-order valence-corrected chi connectivity index (χ4v) is 2.83. The molecule has 0 unspecified atom stereocenters. The first-order valence-corrected chi connectivity index (χ1v) is 6.70. The van der Waals surface area contributed by atoms with E-state index in [2.05, 4.69) is 0 Å². The van der Waals surface area contributed by atoms with Gasteiger partial charge in [-0.3, -0.25) is 0 Å². The molecule has 17 heavy (non-hydrogen) atoms. The summed E-state index contributed by atoms with van der Waals surface area (Å²) < 4.78 is 24.6. The third kappa shape index (κ3) is 2.62. The second-order valence-electron chi connectivity index (χ2n) is 3.59. The SMILES string of the molecule is O=S(=O)(Cc1cccc[n+]1[O-])c1ccccc1. The molecule has 0 saturated heterocycles. The summed E-state index contributed by atoms with van der Waals surface area (Å²) in [6.45, 7) is 0. The minimum absolute atomic E-state index is 0.219. The first kappa shape index (κ1) is 11.6. The van der Waals surface area contributed by atoms with E-state index in [-0.39, 0.29) is 16.3 Å². The van der Waals surface area contributed by atoms with Gasteiger partial charge in [0.25, 0.3) is 0 Å². The second kappa shape index (κ2) is 4.55. The van der Waals surface area contributed by atoms with Crippen LogP contribution < -0.4 is 4.73 Å². The van der Waals surface area contributed by atoms with Crippen molar-refractivity contribution in [1.82, 2.24) is 0 Å². The van der Waals surface area contributed by atoms with Crippen LogP contribution in [0.25, 0.3) is 0 Å². The standard InChI is InChI=1S/C12H11NO3S/c14-13-9-5-4-6-11(13)10-17(15,16)12-7-2-1-3-8-12/h1-9H,10H2. The van der Waals surface area contributed by atoms with Gasteiger partial charge in [0.05, 0.1) is 4.90 Å². The minimum atomic E-state index is -3.46. The topological polar surface area (TPSA) is 61.1 Å². The van der Waals surface area contributed by atoms with E-state index < -0.39 is 9.84 Å². The lowest BCUT2D eigenvalue weighted by atomic mass is 10.4. The average molecular weight is 249 g/mol.